The lowest BCUT2D eigenvalue weighted by Crippen LogP contribution is -2.55. The van der Waals surface area contributed by atoms with E-state index in [1.807, 2.05) is 0 Å². The number of rotatable bonds is 5. The van der Waals surface area contributed by atoms with Gasteiger partial charge < -0.3 is 15.5 Å². The SMILES string of the molecule is C[C@H]1CC(C)(C)C[C@](CO)(NCCCO)C1. The fourth-order valence-corrected chi connectivity index (χ4v) is 3.49. The van der Waals surface area contributed by atoms with Crippen LogP contribution in [0.5, 0.6) is 0 Å². The predicted molar refractivity (Wildman–Crippen MR) is 66.3 cm³/mol. The Morgan fingerprint density at radius 2 is 1.94 bits per heavy atom. The van der Waals surface area contributed by atoms with Gasteiger partial charge in [0.1, 0.15) is 0 Å². The molecule has 1 fully saturated rings. The van der Waals surface area contributed by atoms with Gasteiger partial charge in [-0.15, -0.1) is 0 Å². The quantitative estimate of drug-likeness (QED) is 0.627. The second-order valence-electron chi connectivity index (χ2n) is 6.30. The van der Waals surface area contributed by atoms with Gasteiger partial charge in [-0.1, -0.05) is 20.8 Å². The van der Waals surface area contributed by atoms with E-state index in [4.69, 9.17) is 5.11 Å². The molecule has 0 saturated heterocycles. The third kappa shape index (κ3) is 3.72. The molecule has 1 saturated carbocycles. The molecule has 0 aromatic heterocycles. The Morgan fingerprint density at radius 3 is 2.44 bits per heavy atom. The van der Waals surface area contributed by atoms with Crippen molar-refractivity contribution in [3.8, 4) is 0 Å². The van der Waals surface area contributed by atoms with Crippen LogP contribution in [-0.4, -0.2) is 35.5 Å². The highest BCUT2D eigenvalue weighted by molar-refractivity contribution is 4.98. The van der Waals surface area contributed by atoms with Crippen molar-refractivity contribution in [2.75, 3.05) is 19.8 Å². The van der Waals surface area contributed by atoms with E-state index in [-0.39, 0.29) is 18.8 Å². The van der Waals surface area contributed by atoms with Gasteiger partial charge in [-0.25, -0.2) is 0 Å². The van der Waals surface area contributed by atoms with Crippen LogP contribution in [0.15, 0.2) is 0 Å². The van der Waals surface area contributed by atoms with Crippen LogP contribution in [0.1, 0.15) is 46.5 Å². The summed E-state index contributed by atoms with van der Waals surface area (Å²) in [5, 5.41) is 21.9. The Bertz CT molecular complexity index is 218. The number of aliphatic hydroxyl groups is 2. The normalized spacial score (nSPS) is 33.9. The van der Waals surface area contributed by atoms with E-state index >= 15 is 0 Å². The van der Waals surface area contributed by atoms with Gasteiger partial charge in [0.25, 0.3) is 0 Å². The Balaban J connectivity index is 2.62. The van der Waals surface area contributed by atoms with Crippen molar-refractivity contribution in [2.45, 2.75) is 52.0 Å². The van der Waals surface area contributed by atoms with Crippen molar-refractivity contribution < 1.29 is 10.2 Å². The summed E-state index contributed by atoms with van der Waals surface area (Å²) in [4.78, 5) is 0. The van der Waals surface area contributed by atoms with Crippen LogP contribution >= 0.6 is 0 Å². The zero-order valence-electron chi connectivity index (χ0n) is 10.9. The fourth-order valence-electron chi connectivity index (χ4n) is 3.49. The van der Waals surface area contributed by atoms with Crippen LogP contribution in [0.2, 0.25) is 0 Å². The summed E-state index contributed by atoms with van der Waals surface area (Å²) in [5.41, 5.74) is 0.170. The molecule has 1 aliphatic rings. The standard InChI is InChI=1S/C13H27NO2/c1-11-7-12(2,3)9-13(8-11,10-16)14-5-4-6-15/h11,14-16H,4-10H2,1-3H3/t11-,13+/m0/s1. The molecule has 0 radical (unpaired) electrons. The summed E-state index contributed by atoms with van der Waals surface area (Å²) in [6, 6.07) is 0. The summed E-state index contributed by atoms with van der Waals surface area (Å²) in [7, 11) is 0. The average Bonchev–Trinajstić information content (AvgIpc) is 2.15. The second-order valence-corrected chi connectivity index (χ2v) is 6.30. The van der Waals surface area contributed by atoms with E-state index in [1.54, 1.807) is 0 Å². The van der Waals surface area contributed by atoms with E-state index in [1.165, 1.54) is 6.42 Å². The monoisotopic (exact) mass is 229 g/mol. The molecule has 1 rings (SSSR count). The fraction of sp³-hybridized carbons (Fsp3) is 1.00. The Labute approximate surface area is 99.3 Å². The van der Waals surface area contributed by atoms with Crippen molar-refractivity contribution >= 4 is 0 Å². The van der Waals surface area contributed by atoms with Crippen molar-refractivity contribution in [2.24, 2.45) is 11.3 Å². The molecule has 3 nitrogen and oxygen atoms in total. The molecule has 0 heterocycles. The molecule has 3 N–H and O–H groups in total. The number of hydrogen-bond donors (Lipinski definition) is 3. The van der Waals surface area contributed by atoms with Crippen LogP contribution < -0.4 is 5.32 Å². The van der Waals surface area contributed by atoms with Crippen LogP contribution in [0.25, 0.3) is 0 Å². The van der Waals surface area contributed by atoms with E-state index in [2.05, 4.69) is 26.1 Å². The Morgan fingerprint density at radius 1 is 1.25 bits per heavy atom. The van der Waals surface area contributed by atoms with Gasteiger partial charge in [-0.2, -0.15) is 0 Å². The highest BCUT2D eigenvalue weighted by Gasteiger charge is 2.41. The average molecular weight is 229 g/mol. The molecule has 0 aliphatic heterocycles. The molecule has 0 amide bonds. The van der Waals surface area contributed by atoms with Crippen LogP contribution in [0.4, 0.5) is 0 Å². The molecule has 0 aromatic rings. The summed E-state index contributed by atoms with van der Waals surface area (Å²) < 4.78 is 0. The maximum absolute atomic E-state index is 9.67. The van der Waals surface area contributed by atoms with Crippen molar-refractivity contribution in [1.29, 1.82) is 0 Å². The van der Waals surface area contributed by atoms with Gasteiger partial charge in [0.05, 0.1) is 6.61 Å². The summed E-state index contributed by atoms with van der Waals surface area (Å²) >= 11 is 0. The first-order valence-electron chi connectivity index (χ1n) is 6.40. The first-order chi connectivity index (χ1) is 7.43. The first kappa shape index (κ1) is 13.9. The molecule has 2 atom stereocenters. The second kappa shape index (κ2) is 5.48. The van der Waals surface area contributed by atoms with Gasteiger partial charge in [-0.05, 0) is 43.6 Å². The summed E-state index contributed by atoms with van der Waals surface area (Å²) in [6.45, 7) is 8.03. The van der Waals surface area contributed by atoms with Gasteiger partial charge in [0.2, 0.25) is 0 Å². The Hall–Kier alpha value is -0.120. The van der Waals surface area contributed by atoms with E-state index in [9.17, 15) is 5.11 Å². The van der Waals surface area contributed by atoms with Gasteiger partial charge in [0, 0.05) is 12.1 Å². The molecular weight excluding hydrogens is 202 g/mol. The van der Waals surface area contributed by atoms with Gasteiger partial charge >= 0.3 is 0 Å². The molecule has 16 heavy (non-hydrogen) atoms. The number of hydrogen-bond acceptors (Lipinski definition) is 3. The number of nitrogens with one attached hydrogen (secondary N) is 1. The molecule has 0 unspecified atom stereocenters. The van der Waals surface area contributed by atoms with E-state index < -0.39 is 0 Å². The minimum atomic E-state index is -0.129. The highest BCUT2D eigenvalue weighted by Crippen LogP contribution is 2.43. The predicted octanol–water partition coefficient (Wildman–Crippen LogP) is 1.54. The lowest BCUT2D eigenvalue weighted by molar-refractivity contribution is 0.0357. The zero-order valence-corrected chi connectivity index (χ0v) is 10.9. The van der Waals surface area contributed by atoms with Crippen LogP contribution in [0, 0.1) is 11.3 Å². The maximum atomic E-state index is 9.67. The Kier molecular flexibility index (Phi) is 4.77. The van der Waals surface area contributed by atoms with E-state index in [0.717, 1.165) is 25.8 Å². The highest BCUT2D eigenvalue weighted by atomic mass is 16.3. The largest absolute Gasteiger partial charge is 0.396 e. The van der Waals surface area contributed by atoms with Gasteiger partial charge in [-0.3, -0.25) is 0 Å². The van der Waals surface area contributed by atoms with E-state index in [0.29, 0.717) is 11.3 Å². The summed E-state index contributed by atoms with van der Waals surface area (Å²) in [5.74, 6) is 0.650. The minimum absolute atomic E-state index is 0.129. The zero-order chi connectivity index (χ0) is 12.2. The van der Waals surface area contributed by atoms with Crippen LogP contribution in [-0.2, 0) is 0 Å². The lowest BCUT2D eigenvalue weighted by atomic mass is 9.64. The first-order valence-corrected chi connectivity index (χ1v) is 6.40. The molecular formula is C13H27NO2. The van der Waals surface area contributed by atoms with Gasteiger partial charge in [0.15, 0.2) is 0 Å². The lowest BCUT2D eigenvalue weighted by Gasteiger charge is -2.47. The molecule has 1 aliphatic carbocycles. The smallest absolute Gasteiger partial charge is 0.0613 e. The summed E-state index contributed by atoms with van der Waals surface area (Å²) in [6.07, 6.45) is 4.05. The number of aliphatic hydroxyl groups excluding tert-OH is 2. The van der Waals surface area contributed by atoms with Crippen molar-refractivity contribution in [1.82, 2.24) is 5.32 Å². The molecule has 0 aromatic carbocycles. The molecule has 0 spiro atoms. The molecule has 96 valence electrons. The van der Waals surface area contributed by atoms with Crippen molar-refractivity contribution in [3.05, 3.63) is 0 Å². The molecule has 3 heteroatoms. The van der Waals surface area contributed by atoms with Crippen LogP contribution in [0.3, 0.4) is 0 Å². The minimum Gasteiger partial charge on any atom is -0.396 e. The topological polar surface area (TPSA) is 52.5 Å². The molecule has 0 bridgehead atoms. The third-order valence-electron chi connectivity index (χ3n) is 3.59. The van der Waals surface area contributed by atoms with Crippen molar-refractivity contribution in [3.63, 3.8) is 0 Å². The third-order valence-corrected chi connectivity index (χ3v) is 3.59. The maximum Gasteiger partial charge on any atom is 0.0613 e.